The van der Waals surface area contributed by atoms with Crippen molar-refractivity contribution >= 4 is 0 Å². The van der Waals surface area contributed by atoms with Crippen LogP contribution in [0.2, 0.25) is 0 Å². The van der Waals surface area contributed by atoms with Crippen molar-refractivity contribution in [1.29, 1.82) is 0 Å². The molecule has 2 N–H and O–H groups in total. The molecule has 0 radical (unpaired) electrons. The van der Waals surface area contributed by atoms with Gasteiger partial charge in [-0.3, -0.25) is 0 Å². The van der Waals surface area contributed by atoms with Crippen molar-refractivity contribution in [1.82, 2.24) is 14.9 Å². The number of β-amino-alcohol motifs (C(OH)–C–C–N with tert-alkyl or cyclic N) is 1. The lowest BCUT2D eigenvalue weighted by Gasteiger charge is -2.30. The predicted octanol–water partition coefficient (Wildman–Crippen LogP) is 1.72. The summed E-state index contributed by atoms with van der Waals surface area (Å²) in [4.78, 5) is 4.18. The second-order valence-corrected chi connectivity index (χ2v) is 4.94. The molecule has 1 aromatic carbocycles. The van der Waals surface area contributed by atoms with Gasteiger partial charge < -0.3 is 15.0 Å². The van der Waals surface area contributed by atoms with Crippen LogP contribution in [0, 0.1) is 11.6 Å². The average molecular weight is 279 g/mol. The third-order valence-electron chi connectivity index (χ3n) is 3.56. The molecule has 2 atom stereocenters. The molecule has 1 fully saturated rings. The number of aliphatic hydroxyl groups excluding tert-OH is 1. The molecule has 0 saturated carbocycles. The number of imidazole rings is 1. The monoisotopic (exact) mass is 279 g/mol. The van der Waals surface area contributed by atoms with Crippen molar-refractivity contribution in [2.24, 2.45) is 0 Å². The van der Waals surface area contributed by atoms with Gasteiger partial charge in [0.25, 0.3) is 0 Å². The summed E-state index contributed by atoms with van der Waals surface area (Å²) in [5, 5.41) is 13.2. The molecule has 0 amide bonds. The molecule has 106 valence electrons. The predicted molar refractivity (Wildman–Crippen MR) is 70.1 cm³/mol. The van der Waals surface area contributed by atoms with Gasteiger partial charge in [0.05, 0.1) is 12.1 Å². The summed E-state index contributed by atoms with van der Waals surface area (Å²) >= 11 is 0. The van der Waals surface area contributed by atoms with Gasteiger partial charge in [0, 0.05) is 30.6 Å². The maximum absolute atomic E-state index is 13.3. The van der Waals surface area contributed by atoms with Crippen LogP contribution < -0.4 is 5.32 Å². The van der Waals surface area contributed by atoms with Crippen LogP contribution in [0.4, 0.5) is 8.78 Å². The second-order valence-electron chi connectivity index (χ2n) is 4.94. The van der Waals surface area contributed by atoms with Crippen molar-refractivity contribution in [2.75, 3.05) is 13.1 Å². The number of halogens is 2. The number of piperidine rings is 1. The highest BCUT2D eigenvalue weighted by atomic mass is 19.1. The van der Waals surface area contributed by atoms with E-state index in [2.05, 4.69) is 10.3 Å². The molecular weight excluding hydrogens is 264 g/mol. The lowest BCUT2D eigenvalue weighted by molar-refractivity contribution is 0.0880. The number of nitrogens with zero attached hydrogens (tertiary/aromatic N) is 2. The van der Waals surface area contributed by atoms with Crippen molar-refractivity contribution in [3.05, 3.63) is 42.2 Å². The van der Waals surface area contributed by atoms with Gasteiger partial charge in [-0.15, -0.1) is 0 Å². The number of benzene rings is 1. The van der Waals surface area contributed by atoms with Gasteiger partial charge in [-0.25, -0.2) is 13.8 Å². The first-order valence-electron chi connectivity index (χ1n) is 6.53. The van der Waals surface area contributed by atoms with Crippen molar-refractivity contribution < 1.29 is 13.9 Å². The lowest BCUT2D eigenvalue weighted by atomic mass is 10.0. The topological polar surface area (TPSA) is 50.1 Å². The summed E-state index contributed by atoms with van der Waals surface area (Å²) in [6.45, 7) is 1.29. The zero-order valence-electron chi connectivity index (χ0n) is 10.8. The quantitative estimate of drug-likeness (QED) is 0.880. The minimum Gasteiger partial charge on any atom is -0.390 e. The maximum Gasteiger partial charge on any atom is 0.140 e. The van der Waals surface area contributed by atoms with E-state index in [9.17, 15) is 13.9 Å². The molecule has 0 spiro atoms. The van der Waals surface area contributed by atoms with Crippen LogP contribution >= 0.6 is 0 Å². The van der Waals surface area contributed by atoms with Crippen LogP contribution in [0.25, 0.3) is 11.4 Å². The van der Waals surface area contributed by atoms with Gasteiger partial charge in [0.2, 0.25) is 0 Å². The van der Waals surface area contributed by atoms with Gasteiger partial charge in [-0.05, 0) is 25.1 Å². The Labute approximate surface area is 115 Å². The summed E-state index contributed by atoms with van der Waals surface area (Å²) in [5.41, 5.74) is 0.373. The van der Waals surface area contributed by atoms with Crippen LogP contribution in [0.1, 0.15) is 12.5 Å². The van der Waals surface area contributed by atoms with E-state index in [1.165, 1.54) is 12.1 Å². The Morgan fingerprint density at radius 2 is 2.00 bits per heavy atom. The summed E-state index contributed by atoms with van der Waals surface area (Å²) in [5.74, 6) is -0.810. The molecule has 1 aliphatic rings. The number of aromatic nitrogens is 2. The van der Waals surface area contributed by atoms with Crippen LogP contribution in [-0.2, 0) is 0 Å². The van der Waals surface area contributed by atoms with Gasteiger partial charge in [0.1, 0.15) is 17.5 Å². The lowest BCUT2D eigenvalue weighted by Crippen LogP contribution is -2.41. The van der Waals surface area contributed by atoms with Gasteiger partial charge in [-0.2, -0.15) is 0 Å². The van der Waals surface area contributed by atoms with Crippen LogP contribution in [0.15, 0.2) is 30.6 Å². The standard InChI is InChI=1S/C14H15F2N3O/c15-10-5-9(6-11(16)7-10)14-18-3-4-19(14)12-1-2-17-8-13(12)20/h3-7,12-13,17,20H,1-2,8H2/t12-,13-/m0/s1. The molecule has 0 aliphatic carbocycles. The van der Waals surface area contributed by atoms with E-state index in [0.717, 1.165) is 19.0 Å². The fourth-order valence-corrected chi connectivity index (χ4v) is 2.64. The summed E-state index contributed by atoms with van der Waals surface area (Å²) in [7, 11) is 0. The first-order valence-corrected chi connectivity index (χ1v) is 6.53. The van der Waals surface area contributed by atoms with Gasteiger partial charge >= 0.3 is 0 Å². The molecular formula is C14H15F2N3O. The Bertz CT molecular complexity index is 594. The highest BCUT2D eigenvalue weighted by Gasteiger charge is 2.26. The Morgan fingerprint density at radius 1 is 1.25 bits per heavy atom. The Kier molecular flexibility index (Phi) is 3.50. The van der Waals surface area contributed by atoms with Crippen LogP contribution in [-0.4, -0.2) is 33.9 Å². The van der Waals surface area contributed by atoms with E-state index < -0.39 is 17.7 Å². The Balaban J connectivity index is 2.01. The molecule has 4 nitrogen and oxygen atoms in total. The Hall–Kier alpha value is -1.79. The van der Waals surface area contributed by atoms with Gasteiger partial charge in [-0.1, -0.05) is 0 Å². The summed E-state index contributed by atoms with van der Waals surface area (Å²) < 4.78 is 28.5. The number of rotatable bonds is 2. The first kappa shape index (κ1) is 13.2. The minimum absolute atomic E-state index is 0.139. The second kappa shape index (κ2) is 5.30. The van der Waals surface area contributed by atoms with E-state index in [1.54, 1.807) is 17.0 Å². The molecule has 3 rings (SSSR count). The normalized spacial score (nSPS) is 22.9. The number of hydrogen-bond donors (Lipinski definition) is 2. The molecule has 1 aromatic heterocycles. The fraction of sp³-hybridized carbons (Fsp3) is 0.357. The zero-order chi connectivity index (χ0) is 14.1. The molecule has 0 bridgehead atoms. The third-order valence-corrected chi connectivity index (χ3v) is 3.56. The first-order chi connectivity index (χ1) is 9.65. The van der Waals surface area contributed by atoms with Gasteiger partial charge in [0.15, 0.2) is 0 Å². The third kappa shape index (κ3) is 2.44. The van der Waals surface area contributed by atoms with E-state index in [0.29, 0.717) is 17.9 Å². The SMILES string of the molecule is O[C@H]1CNCC[C@@H]1n1ccnc1-c1cc(F)cc(F)c1. The zero-order valence-corrected chi connectivity index (χ0v) is 10.8. The smallest absolute Gasteiger partial charge is 0.140 e. The molecule has 1 aliphatic heterocycles. The van der Waals surface area contributed by atoms with Crippen LogP contribution in [0.3, 0.4) is 0 Å². The highest BCUT2D eigenvalue weighted by molar-refractivity contribution is 5.56. The average Bonchev–Trinajstić information content (AvgIpc) is 2.87. The van der Waals surface area contributed by atoms with Crippen molar-refractivity contribution in [3.63, 3.8) is 0 Å². The molecule has 0 unspecified atom stereocenters. The largest absolute Gasteiger partial charge is 0.390 e. The fourth-order valence-electron chi connectivity index (χ4n) is 2.64. The number of nitrogens with one attached hydrogen (secondary N) is 1. The minimum atomic E-state index is -0.639. The molecule has 2 heterocycles. The maximum atomic E-state index is 13.3. The molecule has 20 heavy (non-hydrogen) atoms. The number of hydrogen-bond acceptors (Lipinski definition) is 3. The highest BCUT2D eigenvalue weighted by Crippen LogP contribution is 2.27. The van der Waals surface area contributed by atoms with Crippen LogP contribution in [0.5, 0.6) is 0 Å². The van der Waals surface area contributed by atoms with E-state index >= 15 is 0 Å². The van der Waals surface area contributed by atoms with Crippen molar-refractivity contribution in [3.8, 4) is 11.4 Å². The molecule has 6 heteroatoms. The summed E-state index contributed by atoms with van der Waals surface area (Å²) in [6.07, 6.45) is 3.50. The van der Waals surface area contributed by atoms with E-state index in [1.807, 2.05) is 0 Å². The molecule has 2 aromatic rings. The van der Waals surface area contributed by atoms with E-state index in [4.69, 9.17) is 0 Å². The number of aliphatic hydroxyl groups is 1. The van der Waals surface area contributed by atoms with Crippen molar-refractivity contribution in [2.45, 2.75) is 18.6 Å². The Morgan fingerprint density at radius 3 is 2.70 bits per heavy atom. The van der Waals surface area contributed by atoms with E-state index in [-0.39, 0.29) is 6.04 Å². The molecule has 1 saturated heterocycles. The summed E-state index contributed by atoms with van der Waals surface area (Å²) in [6, 6.07) is 3.18.